The van der Waals surface area contributed by atoms with E-state index < -0.39 is 0 Å². The van der Waals surface area contributed by atoms with Crippen molar-refractivity contribution in [2.45, 2.75) is 6.92 Å². The van der Waals surface area contributed by atoms with Gasteiger partial charge in [-0.05, 0) is 24.6 Å². The van der Waals surface area contributed by atoms with Gasteiger partial charge in [-0.25, -0.2) is 4.39 Å². The van der Waals surface area contributed by atoms with Crippen LogP contribution in [0.2, 0.25) is 0 Å². The van der Waals surface area contributed by atoms with Crippen molar-refractivity contribution in [1.82, 2.24) is 0 Å². The second-order valence-corrected chi connectivity index (χ2v) is 2.49. The highest BCUT2D eigenvalue weighted by atomic mass is 19.1. The van der Waals surface area contributed by atoms with E-state index in [0.29, 0.717) is 5.56 Å². The van der Waals surface area contributed by atoms with Gasteiger partial charge in [0.15, 0.2) is 0 Å². The van der Waals surface area contributed by atoms with Crippen LogP contribution in [0, 0.1) is 24.6 Å². The van der Waals surface area contributed by atoms with E-state index in [9.17, 15) is 4.39 Å². The number of halogens is 1. The molecule has 0 heterocycles. The second kappa shape index (κ2) is 3.89. The Labute approximate surface area is 71.4 Å². The van der Waals surface area contributed by atoms with Crippen molar-refractivity contribution in [3.05, 3.63) is 35.1 Å². The Bertz CT molecular complexity index is 333. The topological polar surface area (TPSA) is 26.0 Å². The zero-order valence-corrected chi connectivity index (χ0v) is 6.89. The highest BCUT2D eigenvalue weighted by molar-refractivity contribution is 5.37. The van der Waals surface area contributed by atoms with E-state index in [-0.39, 0.29) is 12.4 Å². The lowest BCUT2D eigenvalue weighted by Gasteiger charge is -1.94. The van der Waals surface area contributed by atoms with Crippen molar-refractivity contribution < 1.29 is 4.39 Å². The number of hydrogen-bond acceptors (Lipinski definition) is 1. The molecule has 0 aliphatic rings. The van der Waals surface area contributed by atoms with Gasteiger partial charge in [0, 0.05) is 0 Å². The minimum atomic E-state index is -0.282. The average molecular weight is 163 g/mol. The quantitative estimate of drug-likeness (QED) is 0.575. The molecule has 62 valence electrons. The molecule has 12 heavy (non-hydrogen) atoms. The first kappa shape index (κ1) is 8.76. The zero-order valence-electron chi connectivity index (χ0n) is 6.89. The van der Waals surface area contributed by atoms with Crippen LogP contribution in [0.15, 0.2) is 18.2 Å². The fourth-order valence-electron chi connectivity index (χ4n) is 0.868. The van der Waals surface area contributed by atoms with E-state index in [2.05, 4.69) is 11.8 Å². The van der Waals surface area contributed by atoms with Gasteiger partial charge >= 0.3 is 0 Å². The van der Waals surface area contributed by atoms with Crippen molar-refractivity contribution >= 4 is 0 Å². The molecular weight excluding hydrogens is 153 g/mol. The van der Waals surface area contributed by atoms with Crippen LogP contribution in [0.3, 0.4) is 0 Å². The number of aryl methyl sites for hydroxylation is 1. The first-order valence-electron chi connectivity index (χ1n) is 3.69. The molecule has 0 aliphatic heterocycles. The molecule has 0 bridgehead atoms. The Morgan fingerprint density at radius 1 is 1.50 bits per heavy atom. The van der Waals surface area contributed by atoms with Crippen LogP contribution in [-0.2, 0) is 0 Å². The summed E-state index contributed by atoms with van der Waals surface area (Å²) in [6, 6.07) is 4.94. The van der Waals surface area contributed by atoms with Crippen molar-refractivity contribution in [3.63, 3.8) is 0 Å². The van der Waals surface area contributed by atoms with Gasteiger partial charge in [0.05, 0.1) is 12.1 Å². The lowest BCUT2D eigenvalue weighted by Crippen LogP contribution is -1.93. The molecule has 0 fully saturated rings. The molecule has 2 N–H and O–H groups in total. The van der Waals surface area contributed by atoms with E-state index >= 15 is 0 Å². The van der Waals surface area contributed by atoms with E-state index in [0.717, 1.165) is 5.56 Å². The van der Waals surface area contributed by atoms with E-state index in [4.69, 9.17) is 5.73 Å². The number of nitrogens with two attached hydrogens (primary N) is 1. The van der Waals surface area contributed by atoms with Gasteiger partial charge in [-0.15, -0.1) is 0 Å². The Kier molecular flexibility index (Phi) is 2.84. The molecular formula is C10H10FN. The summed E-state index contributed by atoms with van der Waals surface area (Å²) in [6.45, 7) is 2.09. The third-order valence-electron chi connectivity index (χ3n) is 1.45. The first-order chi connectivity index (χ1) is 5.74. The standard InChI is InChI=1S/C10H10FN/c1-8-4-5-9(3-2-6-12)10(11)7-8/h4-5,7H,6,12H2,1H3. The van der Waals surface area contributed by atoms with Gasteiger partial charge in [0.1, 0.15) is 5.82 Å². The van der Waals surface area contributed by atoms with Gasteiger partial charge in [0.25, 0.3) is 0 Å². The third-order valence-corrected chi connectivity index (χ3v) is 1.45. The summed E-state index contributed by atoms with van der Waals surface area (Å²) in [5, 5.41) is 0. The summed E-state index contributed by atoms with van der Waals surface area (Å²) in [5.74, 6) is 4.97. The number of hydrogen-bond donors (Lipinski definition) is 1. The zero-order chi connectivity index (χ0) is 8.97. The van der Waals surface area contributed by atoms with Crippen LogP contribution in [-0.4, -0.2) is 6.54 Å². The SMILES string of the molecule is Cc1ccc(C#CCN)c(F)c1. The fraction of sp³-hybridized carbons (Fsp3) is 0.200. The van der Waals surface area contributed by atoms with Crippen molar-refractivity contribution in [2.24, 2.45) is 5.73 Å². The molecule has 1 aromatic carbocycles. The highest BCUT2D eigenvalue weighted by Crippen LogP contribution is 2.07. The lowest BCUT2D eigenvalue weighted by molar-refractivity contribution is 0.623. The average Bonchev–Trinajstić information content (AvgIpc) is 2.03. The Morgan fingerprint density at radius 2 is 2.25 bits per heavy atom. The normalized spacial score (nSPS) is 8.92. The lowest BCUT2D eigenvalue weighted by atomic mass is 10.1. The largest absolute Gasteiger partial charge is 0.320 e. The highest BCUT2D eigenvalue weighted by Gasteiger charge is 1.96. The maximum Gasteiger partial charge on any atom is 0.139 e. The van der Waals surface area contributed by atoms with Gasteiger partial charge < -0.3 is 5.73 Å². The van der Waals surface area contributed by atoms with E-state index in [1.54, 1.807) is 6.07 Å². The predicted molar refractivity (Wildman–Crippen MR) is 47.1 cm³/mol. The molecule has 0 saturated carbocycles. The Balaban J connectivity index is 3.01. The third kappa shape index (κ3) is 2.08. The monoisotopic (exact) mass is 163 g/mol. The van der Waals surface area contributed by atoms with Crippen molar-refractivity contribution in [2.75, 3.05) is 6.54 Å². The van der Waals surface area contributed by atoms with Crippen molar-refractivity contribution in [3.8, 4) is 11.8 Å². The number of rotatable bonds is 0. The van der Waals surface area contributed by atoms with Gasteiger partial charge in [-0.3, -0.25) is 0 Å². The van der Waals surface area contributed by atoms with Crippen LogP contribution < -0.4 is 5.73 Å². The van der Waals surface area contributed by atoms with Crippen LogP contribution in [0.1, 0.15) is 11.1 Å². The Morgan fingerprint density at radius 3 is 2.83 bits per heavy atom. The van der Waals surface area contributed by atoms with Crippen LogP contribution in [0.4, 0.5) is 4.39 Å². The van der Waals surface area contributed by atoms with Gasteiger partial charge in [-0.1, -0.05) is 17.9 Å². The molecule has 0 aliphatic carbocycles. The molecule has 0 radical (unpaired) electrons. The second-order valence-electron chi connectivity index (χ2n) is 2.49. The smallest absolute Gasteiger partial charge is 0.139 e. The maximum atomic E-state index is 13.0. The predicted octanol–water partition coefficient (Wildman–Crippen LogP) is 1.44. The fourth-order valence-corrected chi connectivity index (χ4v) is 0.868. The summed E-state index contributed by atoms with van der Waals surface area (Å²) in [7, 11) is 0. The molecule has 1 nitrogen and oxygen atoms in total. The van der Waals surface area contributed by atoms with Crippen LogP contribution in [0.5, 0.6) is 0 Å². The summed E-state index contributed by atoms with van der Waals surface area (Å²) >= 11 is 0. The Hall–Kier alpha value is -1.33. The molecule has 0 amide bonds. The molecule has 1 rings (SSSR count). The summed E-state index contributed by atoms with van der Waals surface area (Å²) in [6.07, 6.45) is 0. The minimum absolute atomic E-state index is 0.257. The first-order valence-corrected chi connectivity index (χ1v) is 3.69. The van der Waals surface area contributed by atoms with Crippen molar-refractivity contribution in [1.29, 1.82) is 0 Å². The molecule has 2 heteroatoms. The maximum absolute atomic E-state index is 13.0. The van der Waals surface area contributed by atoms with Crippen LogP contribution >= 0.6 is 0 Å². The molecule has 0 saturated heterocycles. The minimum Gasteiger partial charge on any atom is -0.320 e. The van der Waals surface area contributed by atoms with E-state index in [1.165, 1.54) is 6.07 Å². The summed E-state index contributed by atoms with van der Waals surface area (Å²) in [4.78, 5) is 0. The van der Waals surface area contributed by atoms with E-state index in [1.807, 2.05) is 13.0 Å². The molecule has 0 aromatic heterocycles. The summed E-state index contributed by atoms with van der Waals surface area (Å²) in [5.41, 5.74) is 6.46. The molecule has 0 unspecified atom stereocenters. The van der Waals surface area contributed by atoms with Gasteiger partial charge in [-0.2, -0.15) is 0 Å². The van der Waals surface area contributed by atoms with Gasteiger partial charge in [0.2, 0.25) is 0 Å². The van der Waals surface area contributed by atoms with Crippen LogP contribution in [0.25, 0.3) is 0 Å². The summed E-state index contributed by atoms with van der Waals surface area (Å²) < 4.78 is 13.0. The molecule has 0 atom stereocenters. The molecule has 1 aromatic rings. The molecule has 0 spiro atoms. The number of benzene rings is 1.